The van der Waals surface area contributed by atoms with Crippen molar-refractivity contribution in [1.29, 1.82) is 0 Å². The van der Waals surface area contributed by atoms with Crippen molar-refractivity contribution in [3.63, 3.8) is 0 Å². The number of unbranched alkanes of at least 4 members (excludes halogenated alkanes) is 5. The normalized spacial score (nSPS) is 25.7. The van der Waals surface area contributed by atoms with Crippen molar-refractivity contribution in [3.05, 3.63) is 0 Å². The van der Waals surface area contributed by atoms with Crippen LogP contribution in [0.25, 0.3) is 0 Å². The van der Waals surface area contributed by atoms with E-state index < -0.39 is 6.10 Å². The molecule has 3 nitrogen and oxygen atoms in total. The molecule has 0 aromatic rings. The Balaban J connectivity index is 1.59. The maximum Gasteiger partial charge on any atom is 0.337 e. The van der Waals surface area contributed by atoms with Crippen LogP contribution in [-0.2, 0) is 14.3 Å². The summed E-state index contributed by atoms with van der Waals surface area (Å²) in [5.74, 6) is 7.58. The highest BCUT2D eigenvalue weighted by atomic mass is 16.6. The molecule has 0 radical (unpaired) electrons. The maximum absolute atomic E-state index is 13.3. The van der Waals surface area contributed by atoms with Crippen LogP contribution in [0.4, 0.5) is 0 Å². The molecule has 1 saturated heterocycles. The molecule has 3 aliphatic rings. The van der Waals surface area contributed by atoms with E-state index in [0.29, 0.717) is 18.4 Å². The van der Waals surface area contributed by atoms with E-state index in [4.69, 9.17) is 9.47 Å². The molecule has 0 unspecified atom stereocenters. The molecule has 0 spiro atoms. The molecule has 0 aromatic heterocycles. The molecule has 176 valence electrons. The first-order chi connectivity index (χ1) is 15.1. The molecular formula is C28H46O3. The highest BCUT2D eigenvalue weighted by molar-refractivity contribution is 5.76. The van der Waals surface area contributed by atoms with Gasteiger partial charge in [0, 0.05) is 13.0 Å². The van der Waals surface area contributed by atoms with Crippen LogP contribution >= 0.6 is 0 Å². The fourth-order valence-electron chi connectivity index (χ4n) is 6.12. The summed E-state index contributed by atoms with van der Waals surface area (Å²) in [4.78, 5) is 13.3. The van der Waals surface area contributed by atoms with Gasteiger partial charge in [0.15, 0.2) is 6.10 Å². The predicted molar refractivity (Wildman–Crippen MR) is 127 cm³/mol. The number of rotatable bonds is 9. The minimum Gasteiger partial charge on any atom is -0.457 e. The maximum atomic E-state index is 13.3. The van der Waals surface area contributed by atoms with Gasteiger partial charge in [-0.3, -0.25) is 0 Å². The van der Waals surface area contributed by atoms with Crippen LogP contribution < -0.4 is 0 Å². The van der Waals surface area contributed by atoms with Crippen LogP contribution in [0, 0.1) is 29.6 Å². The molecule has 0 N–H and O–H groups in total. The lowest BCUT2D eigenvalue weighted by atomic mass is 9.67. The zero-order chi connectivity index (χ0) is 21.9. The van der Waals surface area contributed by atoms with Crippen molar-refractivity contribution >= 4 is 5.97 Å². The van der Waals surface area contributed by atoms with Gasteiger partial charge in [0.25, 0.3) is 0 Å². The molecule has 2 atom stereocenters. The van der Waals surface area contributed by atoms with Gasteiger partial charge in [0.05, 0.1) is 5.92 Å². The number of carbonyl (C=O) groups is 1. The molecule has 0 amide bonds. The largest absolute Gasteiger partial charge is 0.457 e. The van der Waals surface area contributed by atoms with Crippen molar-refractivity contribution in [1.82, 2.24) is 0 Å². The SMILES string of the molecule is CCCCCCCC#C[C@@H]1CCO[C@@H]1C(=O)OC(C)(C1CCCCC1)C1CCCCC1. The molecule has 3 rings (SSSR count). The van der Waals surface area contributed by atoms with Crippen molar-refractivity contribution in [2.45, 2.75) is 135 Å². The van der Waals surface area contributed by atoms with Crippen molar-refractivity contribution < 1.29 is 14.3 Å². The fraction of sp³-hybridized carbons (Fsp3) is 0.893. The Bertz CT molecular complexity index is 571. The van der Waals surface area contributed by atoms with E-state index in [1.807, 2.05) is 0 Å². The number of ether oxygens (including phenoxy) is 2. The lowest BCUT2D eigenvalue weighted by molar-refractivity contribution is -0.187. The second kappa shape index (κ2) is 12.9. The van der Waals surface area contributed by atoms with Gasteiger partial charge in [-0.1, -0.05) is 77.1 Å². The van der Waals surface area contributed by atoms with Crippen molar-refractivity contribution in [3.8, 4) is 11.8 Å². The Kier molecular flexibility index (Phi) is 10.2. The van der Waals surface area contributed by atoms with Gasteiger partial charge in [-0.25, -0.2) is 4.79 Å². The summed E-state index contributed by atoms with van der Waals surface area (Å²) < 4.78 is 12.4. The van der Waals surface area contributed by atoms with E-state index in [0.717, 1.165) is 19.3 Å². The van der Waals surface area contributed by atoms with Crippen LogP contribution in [0.15, 0.2) is 0 Å². The van der Waals surface area contributed by atoms with Crippen LogP contribution in [0.2, 0.25) is 0 Å². The predicted octanol–water partition coefficient (Wildman–Crippen LogP) is 7.22. The molecule has 3 fully saturated rings. The zero-order valence-electron chi connectivity index (χ0n) is 20.3. The van der Waals surface area contributed by atoms with E-state index >= 15 is 0 Å². The molecule has 3 heteroatoms. The Labute approximate surface area is 191 Å². The molecule has 0 bridgehead atoms. The second-order valence-electron chi connectivity index (χ2n) is 10.4. The molecule has 0 aromatic carbocycles. The average molecular weight is 431 g/mol. The van der Waals surface area contributed by atoms with E-state index in [2.05, 4.69) is 25.7 Å². The van der Waals surface area contributed by atoms with Gasteiger partial charge in [-0.15, -0.1) is 5.92 Å². The van der Waals surface area contributed by atoms with Crippen LogP contribution in [0.3, 0.4) is 0 Å². The van der Waals surface area contributed by atoms with Crippen LogP contribution in [-0.4, -0.2) is 24.3 Å². The van der Waals surface area contributed by atoms with Crippen molar-refractivity contribution in [2.75, 3.05) is 6.61 Å². The van der Waals surface area contributed by atoms with Gasteiger partial charge in [-0.2, -0.15) is 0 Å². The van der Waals surface area contributed by atoms with Gasteiger partial charge >= 0.3 is 5.97 Å². The third kappa shape index (κ3) is 6.98. The summed E-state index contributed by atoms with van der Waals surface area (Å²) in [6.07, 6.45) is 20.2. The lowest BCUT2D eigenvalue weighted by Crippen LogP contribution is -2.50. The third-order valence-electron chi connectivity index (χ3n) is 8.17. The highest BCUT2D eigenvalue weighted by Crippen LogP contribution is 2.45. The van der Waals surface area contributed by atoms with E-state index in [1.54, 1.807) is 0 Å². The summed E-state index contributed by atoms with van der Waals surface area (Å²) in [5, 5.41) is 0. The van der Waals surface area contributed by atoms with Gasteiger partial charge < -0.3 is 9.47 Å². The smallest absolute Gasteiger partial charge is 0.337 e. The molecule has 2 saturated carbocycles. The topological polar surface area (TPSA) is 35.5 Å². The third-order valence-corrected chi connectivity index (χ3v) is 8.17. The first kappa shape index (κ1) is 24.6. The summed E-state index contributed by atoms with van der Waals surface area (Å²) in [6.45, 7) is 5.12. The highest BCUT2D eigenvalue weighted by Gasteiger charge is 2.47. The summed E-state index contributed by atoms with van der Waals surface area (Å²) in [5.41, 5.74) is -0.332. The first-order valence-corrected chi connectivity index (χ1v) is 13.5. The number of esters is 1. The molecule has 31 heavy (non-hydrogen) atoms. The Hall–Kier alpha value is -1.01. The molecule has 1 aliphatic heterocycles. The van der Waals surface area contributed by atoms with Crippen LogP contribution in [0.1, 0.15) is 123 Å². The standard InChI is InChI=1S/C28H46O3/c1-3-4-5-6-7-8-11-16-23-21-22-30-26(23)27(29)31-28(2,24-17-12-9-13-18-24)25-19-14-10-15-20-25/h23-26H,3-10,12-15,17-22H2,1-2H3/t23-,26+/m1/s1. The monoisotopic (exact) mass is 430 g/mol. The van der Waals surface area contributed by atoms with Gasteiger partial charge in [-0.05, 0) is 57.3 Å². The van der Waals surface area contributed by atoms with Gasteiger partial charge in [0.1, 0.15) is 5.60 Å². The average Bonchev–Trinajstić information content (AvgIpc) is 3.28. The number of hydrogen-bond acceptors (Lipinski definition) is 3. The van der Waals surface area contributed by atoms with E-state index in [1.165, 1.54) is 89.9 Å². The minimum absolute atomic E-state index is 0.00473. The summed E-state index contributed by atoms with van der Waals surface area (Å²) in [7, 11) is 0. The lowest BCUT2D eigenvalue weighted by Gasteiger charge is -2.46. The fourth-order valence-corrected chi connectivity index (χ4v) is 6.12. The first-order valence-electron chi connectivity index (χ1n) is 13.5. The Morgan fingerprint density at radius 1 is 0.903 bits per heavy atom. The number of carbonyl (C=O) groups excluding carboxylic acids is 1. The van der Waals surface area contributed by atoms with Gasteiger partial charge in [0.2, 0.25) is 0 Å². The minimum atomic E-state index is -0.487. The van der Waals surface area contributed by atoms with E-state index in [-0.39, 0.29) is 17.5 Å². The number of hydrogen-bond donors (Lipinski definition) is 0. The summed E-state index contributed by atoms with van der Waals surface area (Å²) >= 11 is 0. The Morgan fingerprint density at radius 2 is 1.52 bits per heavy atom. The zero-order valence-corrected chi connectivity index (χ0v) is 20.3. The molecule has 2 aliphatic carbocycles. The molecule has 1 heterocycles. The molecular weight excluding hydrogens is 384 g/mol. The van der Waals surface area contributed by atoms with E-state index in [9.17, 15) is 4.79 Å². The Morgan fingerprint density at radius 3 is 2.13 bits per heavy atom. The summed E-state index contributed by atoms with van der Waals surface area (Å²) in [6, 6.07) is 0. The second-order valence-corrected chi connectivity index (χ2v) is 10.4. The quantitative estimate of drug-likeness (QED) is 0.220. The van der Waals surface area contributed by atoms with Crippen LogP contribution in [0.5, 0.6) is 0 Å². The van der Waals surface area contributed by atoms with Crippen molar-refractivity contribution in [2.24, 2.45) is 17.8 Å².